The van der Waals surface area contributed by atoms with Gasteiger partial charge in [0.15, 0.2) is 0 Å². The molecule has 0 aliphatic carbocycles. The number of hydrogen-bond acceptors (Lipinski definition) is 3. The van der Waals surface area contributed by atoms with Crippen LogP contribution in [0.3, 0.4) is 0 Å². The molecule has 1 aromatic carbocycles. The lowest BCUT2D eigenvalue weighted by Crippen LogP contribution is -2.40. The molecule has 0 atom stereocenters. The van der Waals surface area contributed by atoms with Crippen LogP contribution < -0.4 is 15.4 Å². The first-order chi connectivity index (χ1) is 9.26. The van der Waals surface area contributed by atoms with Gasteiger partial charge >= 0.3 is 12.0 Å². The monoisotopic (exact) mass is 300 g/mol. The topological polar surface area (TPSA) is 87.7 Å². The summed E-state index contributed by atoms with van der Waals surface area (Å²) in [6.07, 6.45) is 0. The van der Waals surface area contributed by atoms with Crippen LogP contribution in [0, 0.1) is 5.41 Å². The molecule has 20 heavy (non-hydrogen) atoms. The summed E-state index contributed by atoms with van der Waals surface area (Å²) >= 11 is 5.95. The predicted molar refractivity (Wildman–Crippen MR) is 76.4 cm³/mol. The number of ether oxygens (including phenoxy) is 1. The molecule has 0 bridgehead atoms. The summed E-state index contributed by atoms with van der Waals surface area (Å²) in [4.78, 5) is 22.6. The molecule has 1 rings (SSSR count). The molecule has 0 unspecified atom stereocenters. The highest BCUT2D eigenvalue weighted by Crippen LogP contribution is 2.26. The van der Waals surface area contributed by atoms with Gasteiger partial charge in [-0.2, -0.15) is 0 Å². The van der Waals surface area contributed by atoms with Gasteiger partial charge in [-0.3, -0.25) is 4.79 Å². The van der Waals surface area contributed by atoms with Crippen molar-refractivity contribution in [1.82, 2.24) is 5.32 Å². The van der Waals surface area contributed by atoms with Crippen molar-refractivity contribution < 1.29 is 19.4 Å². The van der Waals surface area contributed by atoms with Gasteiger partial charge in [-0.25, -0.2) is 4.79 Å². The van der Waals surface area contributed by atoms with E-state index in [4.69, 9.17) is 21.4 Å². The minimum Gasteiger partial charge on any atom is -0.497 e. The summed E-state index contributed by atoms with van der Waals surface area (Å²) in [7, 11) is 1.50. The molecule has 0 aliphatic rings. The van der Waals surface area contributed by atoms with Crippen LogP contribution in [0.1, 0.15) is 13.8 Å². The number of aliphatic carboxylic acids is 1. The lowest BCUT2D eigenvalue weighted by molar-refractivity contribution is -0.146. The second-order valence-corrected chi connectivity index (χ2v) is 5.25. The van der Waals surface area contributed by atoms with Gasteiger partial charge in [0.2, 0.25) is 0 Å². The van der Waals surface area contributed by atoms with Gasteiger partial charge in [0, 0.05) is 12.6 Å². The molecule has 7 heteroatoms. The number of urea groups is 1. The van der Waals surface area contributed by atoms with Crippen molar-refractivity contribution in [3.63, 3.8) is 0 Å². The molecule has 0 saturated carbocycles. The predicted octanol–water partition coefficient (Wildman–Crippen LogP) is 2.58. The number of halogens is 1. The number of anilines is 1. The Kier molecular flexibility index (Phi) is 5.21. The van der Waals surface area contributed by atoms with E-state index in [1.54, 1.807) is 18.2 Å². The summed E-state index contributed by atoms with van der Waals surface area (Å²) in [6.45, 7) is 3.04. The van der Waals surface area contributed by atoms with E-state index < -0.39 is 17.4 Å². The summed E-state index contributed by atoms with van der Waals surface area (Å²) in [5, 5.41) is 14.3. The highest BCUT2D eigenvalue weighted by Gasteiger charge is 2.27. The Labute approximate surface area is 122 Å². The molecule has 0 aliphatic heterocycles. The number of methoxy groups -OCH3 is 1. The number of carboxylic acid groups (broad SMARTS) is 1. The van der Waals surface area contributed by atoms with Gasteiger partial charge in [-0.15, -0.1) is 0 Å². The van der Waals surface area contributed by atoms with Crippen LogP contribution in [0.5, 0.6) is 5.75 Å². The van der Waals surface area contributed by atoms with Crippen molar-refractivity contribution in [3.8, 4) is 5.75 Å². The summed E-state index contributed by atoms with van der Waals surface area (Å²) in [5.74, 6) is -0.437. The number of hydrogen-bond donors (Lipinski definition) is 3. The molecular weight excluding hydrogens is 284 g/mol. The molecule has 1 aromatic rings. The maximum Gasteiger partial charge on any atom is 0.319 e. The fourth-order valence-electron chi connectivity index (χ4n) is 1.27. The quantitative estimate of drug-likeness (QED) is 0.780. The maximum atomic E-state index is 11.7. The maximum absolute atomic E-state index is 11.7. The second kappa shape index (κ2) is 6.47. The van der Waals surface area contributed by atoms with Crippen molar-refractivity contribution in [2.75, 3.05) is 19.0 Å². The van der Waals surface area contributed by atoms with E-state index in [9.17, 15) is 9.59 Å². The molecule has 3 N–H and O–H groups in total. The number of amides is 2. The average Bonchev–Trinajstić information content (AvgIpc) is 2.39. The molecule has 0 radical (unpaired) electrons. The highest BCUT2D eigenvalue weighted by atomic mass is 35.5. The third-order valence-corrected chi connectivity index (χ3v) is 3.02. The van der Waals surface area contributed by atoms with Gasteiger partial charge in [-0.1, -0.05) is 11.6 Å². The van der Waals surface area contributed by atoms with Crippen molar-refractivity contribution >= 4 is 29.3 Å². The summed E-state index contributed by atoms with van der Waals surface area (Å²) in [6, 6.07) is 4.30. The molecule has 2 amide bonds. The average molecular weight is 301 g/mol. The van der Waals surface area contributed by atoms with Crippen molar-refractivity contribution in [1.29, 1.82) is 0 Å². The first kappa shape index (κ1) is 16.1. The van der Waals surface area contributed by atoms with Crippen LogP contribution in [0.4, 0.5) is 10.5 Å². The first-order valence-corrected chi connectivity index (χ1v) is 6.26. The van der Waals surface area contributed by atoms with E-state index in [0.29, 0.717) is 16.5 Å². The molecule has 0 heterocycles. The zero-order valence-corrected chi connectivity index (χ0v) is 12.2. The van der Waals surface area contributed by atoms with E-state index in [0.717, 1.165) is 0 Å². The van der Waals surface area contributed by atoms with Crippen LogP contribution in [0.2, 0.25) is 5.02 Å². The van der Waals surface area contributed by atoms with Crippen LogP contribution in [-0.2, 0) is 4.79 Å². The van der Waals surface area contributed by atoms with Gasteiger partial charge in [0.1, 0.15) is 5.75 Å². The van der Waals surface area contributed by atoms with Gasteiger partial charge in [-0.05, 0) is 26.0 Å². The number of nitrogens with one attached hydrogen (secondary N) is 2. The molecule has 0 saturated heterocycles. The Morgan fingerprint density at radius 3 is 2.60 bits per heavy atom. The second-order valence-electron chi connectivity index (χ2n) is 4.84. The minimum atomic E-state index is -1.05. The Balaban J connectivity index is 2.65. The minimum absolute atomic E-state index is 0.00421. The number of benzene rings is 1. The number of carboxylic acids is 1. The lowest BCUT2D eigenvalue weighted by atomic mass is 9.94. The standard InChI is InChI=1S/C13H17ClN2O4/c1-13(2,11(17)18)7-15-12(19)16-10-6-8(20-3)4-5-9(10)14/h4-6H,7H2,1-3H3,(H,17,18)(H2,15,16,19). The van der Waals surface area contributed by atoms with E-state index in [2.05, 4.69) is 10.6 Å². The number of rotatable bonds is 5. The normalized spacial score (nSPS) is 10.8. The molecule has 110 valence electrons. The van der Waals surface area contributed by atoms with Crippen molar-refractivity contribution in [2.45, 2.75) is 13.8 Å². The number of carbonyl (C=O) groups is 2. The third-order valence-electron chi connectivity index (χ3n) is 2.69. The van der Waals surface area contributed by atoms with Crippen LogP contribution in [-0.4, -0.2) is 30.8 Å². The van der Waals surface area contributed by atoms with E-state index in [-0.39, 0.29) is 6.54 Å². The van der Waals surface area contributed by atoms with Crippen molar-refractivity contribution in [3.05, 3.63) is 23.2 Å². The molecular formula is C13H17ClN2O4. The lowest BCUT2D eigenvalue weighted by Gasteiger charge is -2.19. The fraction of sp³-hybridized carbons (Fsp3) is 0.385. The van der Waals surface area contributed by atoms with Crippen LogP contribution >= 0.6 is 11.6 Å². The Bertz CT molecular complexity index is 517. The Morgan fingerprint density at radius 1 is 1.40 bits per heavy atom. The van der Waals surface area contributed by atoms with E-state index >= 15 is 0 Å². The van der Waals surface area contributed by atoms with Crippen LogP contribution in [0.15, 0.2) is 18.2 Å². The first-order valence-electron chi connectivity index (χ1n) is 5.88. The van der Waals surface area contributed by atoms with E-state index in [1.807, 2.05) is 0 Å². The number of carbonyl (C=O) groups excluding carboxylic acids is 1. The summed E-state index contributed by atoms with van der Waals surface area (Å²) in [5.41, 5.74) is -0.660. The molecule has 0 aromatic heterocycles. The summed E-state index contributed by atoms with van der Waals surface area (Å²) < 4.78 is 5.03. The molecule has 0 spiro atoms. The van der Waals surface area contributed by atoms with Crippen molar-refractivity contribution in [2.24, 2.45) is 5.41 Å². The Hall–Kier alpha value is -1.95. The fourth-order valence-corrected chi connectivity index (χ4v) is 1.44. The van der Waals surface area contributed by atoms with Gasteiger partial charge in [0.05, 0.1) is 23.2 Å². The van der Waals surface area contributed by atoms with Gasteiger partial charge < -0.3 is 20.5 Å². The van der Waals surface area contributed by atoms with E-state index in [1.165, 1.54) is 21.0 Å². The van der Waals surface area contributed by atoms with Crippen LogP contribution in [0.25, 0.3) is 0 Å². The van der Waals surface area contributed by atoms with Gasteiger partial charge in [0.25, 0.3) is 0 Å². The molecule has 0 fully saturated rings. The largest absolute Gasteiger partial charge is 0.497 e. The Morgan fingerprint density at radius 2 is 2.05 bits per heavy atom. The smallest absolute Gasteiger partial charge is 0.319 e. The molecule has 6 nitrogen and oxygen atoms in total. The highest BCUT2D eigenvalue weighted by molar-refractivity contribution is 6.33. The SMILES string of the molecule is COc1ccc(Cl)c(NC(=O)NCC(C)(C)C(=O)O)c1. The zero-order chi connectivity index (χ0) is 15.3. The zero-order valence-electron chi connectivity index (χ0n) is 11.5. The third kappa shape index (κ3) is 4.31.